The minimum atomic E-state index is -2.05. The highest BCUT2D eigenvalue weighted by Crippen LogP contribution is 2.37. The summed E-state index contributed by atoms with van der Waals surface area (Å²) in [6, 6.07) is 14.9. The van der Waals surface area contributed by atoms with Crippen LogP contribution in [0.2, 0.25) is 0 Å². The van der Waals surface area contributed by atoms with E-state index in [-0.39, 0.29) is 11.3 Å². The predicted molar refractivity (Wildman–Crippen MR) is 67.7 cm³/mol. The number of hydrogen-bond acceptors (Lipinski definition) is 4. The van der Waals surface area contributed by atoms with Crippen molar-refractivity contribution in [2.75, 3.05) is 0 Å². The summed E-state index contributed by atoms with van der Waals surface area (Å²) in [5.74, 6) is -2.33. The molecule has 19 heavy (non-hydrogen) atoms. The van der Waals surface area contributed by atoms with Gasteiger partial charge in [0.1, 0.15) is 5.75 Å². The highest BCUT2D eigenvalue weighted by molar-refractivity contribution is 6.03. The molecular formula is C15H12O4. The van der Waals surface area contributed by atoms with Crippen LogP contribution in [0.15, 0.2) is 54.6 Å². The van der Waals surface area contributed by atoms with Gasteiger partial charge in [-0.3, -0.25) is 4.79 Å². The van der Waals surface area contributed by atoms with E-state index in [1.807, 2.05) is 0 Å². The van der Waals surface area contributed by atoms with Gasteiger partial charge in [-0.2, -0.15) is 0 Å². The van der Waals surface area contributed by atoms with Crippen LogP contribution in [-0.2, 0) is 5.79 Å². The maximum Gasteiger partial charge on any atom is 0.268 e. The van der Waals surface area contributed by atoms with Crippen LogP contribution in [0.4, 0.5) is 0 Å². The van der Waals surface area contributed by atoms with E-state index < -0.39 is 17.7 Å². The molecule has 2 aromatic rings. The van der Waals surface area contributed by atoms with Crippen LogP contribution in [0.5, 0.6) is 5.75 Å². The van der Waals surface area contributed by atoms with Crippen molar-refractivity contribution in [1.82, 2.24) is 0 Å². The second-order valence-electron chi connectivity index (χ2n) is 4.43. The van der Waals surface area contributed by atoms with Gasteiger partial charge in [-0.1, -0.05) is 42.5 Å². The molecular weight excluding hydrogens is 244 g/mol. The number of ketones is 1. The SMILES string of the molecule is O=C1c2ccccc2O[C@@](O)(c2ccccc2)[C@H]1O. The van der Waals surface area contributed by atoms with E-state index in [9.17, 15) is 15.0 Å². The van der Waals surface area contributed by atoms with Crippen molar-refractivity contribution in [1.29, 1.82) is 0 Å². The number of para-hydroxylation sites is 1. The predicted octanol–water partition coefficient (Wildman–Crippen LogP) is 1.47. The van der Waals surface area contributed by atoms with Crippen molar-refractivity contribution in [3.05, 3.63) is 65.7 Å². The molecule has 2 N–H and O–H groups in total. The number of benzene rings is 2. The number of carbonyl (C=O) groups is 1. The average molecular weight is 256 g/mol. The van der Waals surface area contributed by atoms with E-state index in [1.54, 1.807) is 54.6 Å². The Bertz CT molecular complexity index is 623. The van der Waals surface area contributed by atoms with Crippen LogP contribution in [0.25, 0.3) is 0 Å². The summed E-state index contributed by atoms with van der Waals surface area (Å²) in [7, 11) is 0. The van der Waals surface area contributed by atoms with Crippen molar-refractivity contribution < 1.29 is 19.7 Å². The zero-order chi connectivity index (χ0) is 13.5. The van der Waals surface area contributed by atoms with Gasteiger partial charge in [0.25, 0.3) is 5.79 Å². The molecule has 2 aromatic carbocycles. The lowest BCUT2D eigenvalue weighted by Crippen LogP contribution is -2.52. The van der Waals surface area contributed by atoms with Gasteiger partial charge in [-0.15, -0.1) is 0 Å². The van der Waals surface area contributed by atoms with Crippen molar-refractivity contribution in [3.63, 3.8) is 0 Å². The molecule has 0 saturated heterocycles. The summed E-state index contributed by atoms with van der Waals surface area (Å²) in [6.07, 6.45) is -1.65. The lowest BCUT2D eigenvalue weighted by molar-refractivity contribution is -0.203. The number of aliphatic hydroxyl groups is 2. The lowest BCUT2D eigenvalue weighted by atomic mass is 9.90. The third kappa shape index (κ3) is 1.73. The molecule has 0 unspecified atom stereocenters. The van der Waals surface area contributed by atoms with E-state index in [0.717, 1.165) is 0 Å². The van der Waals surface area contributed by atoms with Crippen LogP contribution in [0.3, 0.4) is 0 Å². The maximum absolute atomic E-state index is 12.1. The largest absolute Gasteiger partial charge is 0.454 e. The summed E-state index contributed by atoms with van der Waals surface area (Å²) in [5.41, 5.74) is 0.612. The van der Waals surface area contributed by atoms with Crippen LogP contribution in [-0.4, -0.2) is 22.1 Å². The van der Waals surface area contributed by atoms with Crippen molar-refractivity contribution in [2.24, 2.45) is 0 Å². The monoisotopic (exact) mass is 256 g/mol. The first kappa shape index (κ1) is 11.9. The van der Waals surface area contributed by atoms with Gasteiger partial charge in [0.2, 0.25) is 5.78 Å². The van der Waals surface area contributed by atoms with E-state index in [0.29, 0.717) is 5.56 Å². The molecule has 0 radical (unpaired) electrons. The Kier molecular flexibility index (Phi) is 2.62. The number of hydrogen-bond donors (Lipinski definition) is 2. The zero-order valence-corrected chi connectivity index (χ0v) is 9.98. The molecule has 2 atom stereocenters. The fraction of sp³-hybridized carbons (Fsp3) is 0.133. The van der Waals surface area contributed by atoms with Gasteiger partial charge in [0.15, 0.2) is 6.10 Å². The Hall–Kier alpha value is -2.17. The van der Waals surface area contributed by atoms with Gasteiger partial charge in [0.05, 0.1) is 5.56 Å². The quantitative estimate of drug-likeness (QED) is 0.810. The molecule has 0 aliphatic carbocycles. The van der Waals surface area contributed by atoms with Gasteiger partial charge in [-0.25, -0.2) is 0 Å². The lowest BCUT2D eigenvalue weighted by Gasteiger charge is -2.37. The van der Waals surface area contributed by atoms with Gasteiger partial charge < -0.3 is 14.9 Å². The molecule has 0 saturated carbocycles. The standard InChI is InChI=1S/C15H12O4/c16-13-11-8-4-5-9-12(11)19-15(18,14(13)17)10-6-2-1-3-7-10/h1-9,14,17-18H/t14-,15-/m0/s1. The molecule has 4 heteroatoms. The molecule has 0 amide bonds. The molecule has 4 nitrogen and oxygen atoms in total. The molecule has 0 fully saturated rings. The highest BCUT2D eigenvalue weighted by Gasteiger charge is 2.49. The van der Waals surface area contributed by atoms with Crippen LogP contribution < -0.4 is 4.74 Å². The van der Waals surface area contributed by atoms with Crippen molar-refractivity contribution in [2.45, 2.75) is 11.9 Å². The number of carbonyl (C=O) groups excluding carboxylic acids is 1. The van der Waals surface area contributed by atoms with E-state index in [4.69, 9.17) is 4.74 Å². The van der Waals surface area contributed by atoms with E-state index in [2.05, 4.69) is 0 Å². The molecule has 1 aliphatic rings. The molecule has 1 heterocycles. The van der Waals surface area contributed by atoms with Crippen LogP contribution in [0, 0.1) is 0 Å². The number of Topliss-reactive ketones (excluding diaryl/α,β-unsaturated/α-hetero) is 1. The smallest absolute Gasteiger partial charge is 0.268 e. The summed E-state index contributed by atoms with van der Waals surface area (Å²) in [6.45, 7) is 0. The van der Waals surface area contributed by atoms with Gasteiger partial charge in [-0.05, 0) is 12.1 Å². The Morgan fingerprint density at radius 2 is 1.63 bits per heavy atom. The Morgan fingerprint density at radius 3 is 2.37 bits per heavy atom. The normalized spacial score (nSPS) is 25.6. The van der Waals surface area contributed by atoms with Crippen molar-refractivity contribution in [3.8, 4) is 5.75 Å². The fourth-order valence-corrected chi connectivity index (χ4v) is 2.20. The number of rotatable bonds is 1. The Morgan fingerprint density at radius 1 is 1.00 bits per heavy atom. The third-order valence-electron chi connectivity index (χ3n) is 3.22. The average Bonchev–Trinajstić information content (AvgIpc) is 2.46. The summed E-state index contributed by atoms with van der Waals surface area (Å²) in [4.78, 5) is 12.1. The van der Waals surface area contributed by atoms with Crippen LogP contribution >= 0.6 is 0 Å². The zero-order valence-electron chi connectivity index (χ0n) is 9.98. The Balaban J connectivity index is 2.13. The first-order valence-corrected chi connectivity index (χ1v) is 5.91. The first-order valence-electron chi connectivity index (χ1n) is 5.91. The number of aliphatic hydroxyl groups excluding tert-OH is 1. The van der Waals surface area contributed by atoms with Gasteiger partial charge >= 0.3 is 0 Å². The van der Waals surface area contributed by atoms with E-state index in [1.165, 1.54) is 0 Å². The minimum absolute atomic E-state index is 0.268. The summed E-state index contributed by atoms with van der Waals surface area (Å²) >= 11 is 0. The number of ether oxygens (including phenoxy) is 1. The molecule has 0 bridgehead atoms. The molecule has 0 spiro atoms. The fourth-order valence-electron chi connectivity index (χ4n) is 2.20. The molecule has 96 valence electrons. The second-order valence-corrected chi connectivity index (χ2v) is 4.43. The first-order chi connectivity index (χ1) is 9.13. The van der Waals surface area contributed by atoms with Gasteiger partial charge in [0, 0.05) is 5.56 Å². The highest BCUT2D eigenvalue weighted by atomic mass is 16.6. The third-order valence-corrected chi connectivity index (χ3v) is 3.22. The molecule has 0 aromatic heterocycles. The Labute approximate surface area is 109 Å². The molecule has 3 rings (SSSR count). The topological polar surface area (TPSA) is 66.8 Å². The minimum Gasteiger partial charge on any atom is -0.454 e. The van der Waals surface area contributed by atoms with Crippen molar-refractivity contribution >= 4 is 5.78 Å². The summed E-state index contributed by atoms with van der Waals surface area (Å²) in [5, 5.41) is 20.6. The maximum atomic E-state index is 12.1. The van der Waals surface area contributed by atoms with Crippen LogP contribution in [0.1, 0.15) is 15.9 Å². The molecule has 1 aliphatic heterocycles. The summed E-state index contributed by atoms with van der Waals surface area (Å²) < 4.78 is 5.47. The second kappa shape index (κ2) is 4.19. The number of fused-ring (bicyclic) bond motifs is 1. The van der Waals surface area contributed by atoms with E-state index >= 15 is 0 Å².